The molecule has 1 aromatic heterocycles. The molecule has 0 aromatic carbocycles. The van der Waals surface area contributed by atoms with Crippen LogP contribution in [-0.2, 0) is 13.1 Å². The summed E-state index contributed by atoms with van der Waals surface area (Å²) in [6, 6.07) is 0. The van der Waals surface area contributed by atoms with Gasteiger partial charge in [-0.3, -0.25) is 0 Å². The van der Waals surface area contributed by atoms with Gasteiger partial charge in [0.1, 0.15) is 12.4 Å². The fraction of sp³-hybridized carbons (Fsp3) is 0.864. The summed E-state index contributed by atoms with van der Waals surface area (Å²) < 4.78 is 4.74. The summed E-state index contributed by atoms with van der Waals surface area (Å²) in [5.41, 5.74) is 0. The summed E-state index contributed by atoms with van der Waals surface area (Å²) in [4.78, 5) is 0. The second kappa shape index (κ2) is 15.7. The van der Waals surface area contributed by atoms with Crippen LogP contribution in [0.25, 0.3) is 0 Å². The topological polar surface area (TPSA) is 8.81 Å². The Morgan fingerprint density at radius 2 is 1.12 bits per heavy atom. The number of aryl methyl sites for hydroxylation is 2. The molecule has 0 saturated carbocycles. The van der Waals surface area contributed by atoms with Crippen LogP contribution < -0.4 is 4.57 Å². The lowest BCUT2D eigenvalue weighted by Crippen LogP contribution is -2.30. The Morgan fingerprint density at radius 1 is 0.625 bits per heavy atom. The second-order valence-electron chi connectivity index (χ2n) is 7.49. The van der Waals surface area contributed by atoms with Gasteiger partial charge >= 0.3 is 0 Å². The molecular weight excluding hydrogens is 292 g/mol. The maximum atomic E-state index is 2.37. The van der Waals surface area contributed by atoms with Crippen LogP contribution in [-0.4, -0.2) is 4.57 Å². The van der Waals surface area contributed by atoms with Gasteiger partial charge in [-0.05, 0) is 25.7 Å². The highest BCUT2D eigenvalue weighted by atomic mass is 15.1. The Kier molecular flexibility index (Phi) is 13.9. The van der Waals surface area contributed by atoms with E-state index in [1.165, 1.54) is 109 Å². The summed E-state index contributed by atoms with van der Waals surface area (Å²) >= 11 is 0. The summed E-state index contributed by atoms with van der Waals surface area (Å²) in [5, 5.41) is 0. The fourth-order valence-corrected chi connectivity index (χ4v) is 3.38. The average molecular weight is 336 g/mol. The first-order valence-corrected chi connectivity index (χ1v) is 10.9. The minimum Gasteiger partial charge on any atom is -0.237 e. The zero-order chi connectivity index (χ0) is 17.3. The van der Waals surface area contributed by atoms with Crippen molar-refractivity contribution in [1.82, 2.24) is 4.57 Å². The number of rotatable bonds is 17. The van der Waals surface area contributed by atoms with E-state index in [-0.39, 0.29) is 0 Å². The second-order valence-corrected chi connectivity index (χ2v) is 7.49. The lowest BCUT2D eigenvalue weighted by molar-refractivity contribution is -0.696. The van der Waals surface area contributed by atoms with E-state index in [2.05, 4.69) is 41.7 Å². The molecule has 0 aliphatic heterocycles. The van der Waals surface area contributed by atoms with Gasteiger partial charge in [0.05, 0.1) is 13.1 Å². The number of aromatic nitrogens is 2. The number of unbranched alkanes of at least 4 members (excludes halogenated alkanes) is 13. The smallest absolute Gasteiger partial charge is 0.237 e. The van der Waals surface area contributed by atoms with Gasteiger partial charge in [-0.2, -0.15) is 0 Å². The third-order valence-corrected chi connectivity index (χ3v) is 5.04. The molecule has 2 heteroatoms. The zero-order valence-corrected chi connectivity index (χ0v) is 16.6. The molecule has 0 atom stereocenters. The van der Waals surface area contributed by atoms with Gasteiger partial charge in [0.25, 0.3) is 0 Å². The molecule has 0 bridgehead atoms. The highest BCUT2D eigenvalue weighted by molar-refractivity contribution is 4.66. The van der Waals surface area contributed by atoms with Crippen LogP contribution >= 0.6 is 0 Å². The molecule has 0 fully saturated rings. The predicted octanol–water partition coefficient (Wildman–Crippen LogP) is 6.67. The molecule has 0 amide bonds. The van der Waals surface area contributed by atoms with Gasteiger partial charge in [0.2, 0.25) is 6.33 Å². The number of hydrogen-bond donors (Lipinski definition) is 0. The molecule has 0 radical (unpaired) electrons. The summed E-state index contributed by atoms with van der Waals surface area (Å²) in [7, 11) is 0. The number of imidazole rings is 1. The van der Waals surface area contributed by atoms with Crippen molar-refractivity contribution in [2.75, 3.05) is 0 Å². The van der Waals surface area contributed by atoms with Crippen molar-refractivity contribution in [2.24, 2.45) is 0 Å². The van der Waals surface area contributed by atoms with E-state index < -0.39 is 0 Å². The minimum atomic E-state index is 1.19. The molecule has 0 saturated heterocycles. The third kappa shape index (κ3) is 11.7. The first-order chi connectivity index (χ1) is 11.9. The quantitative estimate of drug-likeness (QED) is 0.222. The lowest BCUT2D eigenvalue weighted by Gasteiger charge is -2.01. The van der Waals surface area contributed by atoms with Gasteiger partial charge in [-0.25, -0.2) is 9.13 Å². The van der Waals surface area contributed by atoms with Crippen molar-refractivity contribution in [3.05, 3.63) is 18.7 Å². The summed E-state index contributed by atoms with van der Waals surface area (Å²) in [6.07, 6.45) is 27.8. The van der Waals surface area contributed by atoms with Crippen molar-refractivity contribution in [3.8, 4) is 0 Å². The molecule has 24 heavy (non-hydrogen) atoms. The SMILES string of the molecule is CCCCCCCCCCCCn1cc[n+](CCCCCCC)c1. The first-order valence-electron chi connectivity index (χ1n) is 10.9. The fourth-order valence-electron chi connectivity index (χ4n) is 3.38. The van der Waals surface area contributed by atoms with Gasteiger partial charge < -0.3 is 0 Å². The maximum Gasteiger partial charge on any atom is 0.243 e. The summed E-state index contributed by atoms with van der Waals surface area (Å²) in [6.45, 7) is 6.95. The Balaban J connectivity index is 1.92. The van der Waals surface area contributed by atoms with Crippen LogP contribution in [0.3, 0.4) is 0 Å². The van der Waals surface area contributed by atoms with Crippen molar-refractivity contribution < 1.29 is 4.57 Å². The largest absolute Gasteiger partial charge is 0.243 e. The molecule has 2 nitrogen and oxygen atoms in total. The minimum absolute atomic E-state index is 1.19. The van der Waals surface area contributed by atoms with Gasteiger partial charge in [0, 0.05) is 0 Å². The van der Waals surface area contributed by atoms with E-state index >= 15 is 0 Å². The molecule has 1 aromatic rings. The molecule has 0 N–H and O–H groups in total. The highest BCUT2D eigenvalue weighted by Crippen LogP contribution is 2.10. The molecule has 0 aliphatic rings. The number of nitrogens with zero attached hydrogens (tertiary/aromatic N) is 2. The van der Waals surface area contributed by atoms with Crippen LogP contribution in [0.5, 0.6) is 0 Å². The Hall–Kier alpha value is -0.790. The maximum absolute atomic E-state index is 2.37. The van der Waals surface area contributed by atoms with Crippen LogP contribution in [0.4, 0.5) is 0 Å². The molecule has 1 heterocycles. The van der Waals surface area contributed by atoms with Crippen LogP contribution in [0, 0.1) is 0 Å². The molecule has 0 aliphatic carbocycles. The normalized spacial score (nSPS) is 11.2. The van der Waals surface area contributed by atoms with Crippen molar-refractivity contribution >= 4 is 0 Å². The third-order valence-electron chi connectivity index (χ3n) is 5.04. The van der Waals surface area contributed by atoms with Crippen molar-refractivity contribution in [1.29, 1.82) is 0 Å². The predicted molar refractivity (Wildman–Crippen MR) is 105 cm³/mol. The van der Waals surface area contributed by atoms with Crippen molar-refractivity contribution in [2.45, 2.75) is 123 Å². The van der Waals surface area contributed by atoms with E-state index in [0.717, 1.165) is 0 Å². The van der Waals surface area contributed by atoms with E-state index in [0.29, 0.717) is 0 Å². The summed E-state index contributed by atoms with van der Waals surface area (Å²) in [5.74, 6) is 0. The molecule has 1 rings (SSSR count). The van der Waals surface area contributed by atoms with Gasteiger partial charge in [-0.1, -0.05) is 84.5 Å². The Bertz CT molecular complexity index is 370. The zero-order valence-electron chi connectivity index (χ0n) is 16.6. The lowest BCUT2D eigenvalue weighted by atomic mass is 10.1. The van der Waals surface area contributed by atoms with E-state index in [4.69, 9.17) is 0 Å². The molecule has 0 unspecified atom stereocenters. The van der Waals surface area contributed by atoms with Crippen LogP contribution in [0.15, 0.2) is 18.7 Å². The Morgan fingerprint density at radius 3 is 1.71 bits per heavy atom. The van der Waals surface area contributed by atoms with Gasteiger partial charge in [0.15, 0.2) is 0 Å². The van der Waals surface area contributed by atoms with Crippen molar-refractivity contribution in [3.63, 3.8) is 0 Å². The van der Waals surface area contributed by atoms with Gasteiger partial charge in [-0.15, -0.1) is 0 Å². The first kappa shape index (κ1) is 21.3. The van der Waals surface area contributed by atoms with E-state index in [9.17, 15) is 0 Å². The molecular formula is C22H43N2+. The molecule has 0 spiro atoms. The average Bonchev–Trinajstić information content (AvgIpc) is 3.04. The standard InChI is InChI=1S/C22H43N2/c1-3-5-7-9-10-11-12-13-15-17-19-24-21-20-23(22-24)18-16-14-8-6-4-2/h20-22H,3-19H2,1-2H3/q+1. The van der Waals surface area contributed by atoms with E-state index in [1.54, 1.807) is 0 Å². The highest BCUT2D eigenvalue weighted by Gasteiger charge is 2.03. The molecule has 140 valence electrons. The number of hydrogen-bond acceptors (Lipinski definition) is 0. The van der Waals surface area contributed by atoms with E-state index in [1.807, 2.05) is 0 Å². The van der Waals surface area contributed by atoms with Crippen LogP contribution in [0.2, 0.25) is 0 Å². The van der Waals surface area contributed by atoms with Crippen LogP contribution in [0.1, 0.15) is 110 Å². The monoisotopic (exact) mass is 335 g/mol. The Labute approximate surface area is 151 Å².